The molecule has 0 N–H and O–H groups in total. The highest BCUT2D eigenvalue weighted by Crippen LogP contribution is 2.19. The number of furan rings is 1. The van der Waals surface area contributed by atoms with Crippen molar-refractivity contribution in [2.75, 3.05) is 26.2 Å². The highest BCUT2D eigenvalue weighted by Gasteiger charge is 2.30. The van der Waals surface area contributed by atoms with Crippen molar-refractivity contribution in [3.05, 3.63) is 54.0 Å². The molecule has 0 atom stereocenters. The van der Waals surface area contributed by atoms with Gasteiger partial charge in [0.2, 0.25) is 15.9 Å². The molecule has 1 saturated heterocycles. The molecule has 3 rings (SSSR count). The fourth-order valence-electron chi connectivity index (χ4n) is 3.03. The third-order valence-corrected chi connectivity index (χ3v) is 6.57. The Kier molecular flexibility index (Phi) is 5.76. The van der Waals surface area contributed by atoms with Gasteiger partial charge in [-0.25, -0.2) is 8.42 Å². The van der Waals surface area contributed by atoms with Gasteiger partial charge in [-0.1, -0.05) is 12.1 Å². The highest BCUT2D eigenvalue weighted by atomic mass is 32.2. The van der Waals surface area contributed by atoms with Gasteiger partial charge in [0.05, 0.1) is 11.2 Å². The van der Waals surface area contributed by atoms with Crippen molar-refractivity contribution in [2.24, 2.45) is 0 Å². The minimum Gasteiger partial charge on any atom is -0.469 e. The van der Waals surface area contributed by atoms with Gasteiger partial charge in [-0.05, 0) is 31.2 Å². The molecule has 1 aliphatic heterocycles. The smallest absolute Gasteiger partial charge is 0.243 e. The average Bonchev–Trinajstić information content (AvgIpc) is 3.20. The molecule has 0 aliphatic carbocycles. The number of carbonyl (C=O) groups is 2. The lowest BCUT2D eigenvalue weighted by Crippen LogP contribution is -2.50. The van der Waals surface area contributed by atoms with E-state index in [1.54, 1.807) is 17.2 Å². The van der Waals surface area contributed by atoms with Gasteiger partial charge in [-0.15, -0.1) is 0 Å². The first-order valence-corrected chi connectivity index (χ1v) is 10.2. The largest absolute Gasteiger partial charge is 0.469 e. The second kappa shape index (κ2) is 8.06. The molecular formula is C19H22N2O5S. The predicted octanol–water partition coefficient (Wildman–Crippen LogP) is 1.95. The van der Waals surface area contributed by atoms with Crippen molar-refractivity contribution in [3.8, 4) is 0 Å². The first-order chi connectivity index (χ1) is 12.9. The van der Waals surface area contributed by atoms with Crippen molar-refractivity contribution >= 4 is 21.7 Å². The fraction of sp³-hybridized carbons (Fsp3) is 0.368. The van der Waals surface area contributed by atoms with Crippen LogP contribution < -0.4 is 0 Å². The lowest BCUT2D eigenvalue weighted by molar-refractivity contribution is -0.132. The summed E-state index contributed by atoms with van der Waals surface area (Å²) in [6.07, 6.45) is 2.45. The van der Waals surface area contributed by atoms with Crippen molar-refractivity contribution in [1.29, 1.82) is 0 Å². The van der Waals surface area contributed by atoms with E-state index in [1.807, 2.05) is 6.07 Å². The van der Waals surface area contributed by atoms with Gasteiger partial charge in [0.25, 0.3) is 0 Å². The Balaban J connectivity index is 1.57. The van der Waals surface area contributed by atoms with E-state index < -0.39 is 10.0 Å². The lowest BCUT2D eigenvalue weighted by Gasteiger charge is -2.34. The van der Waals surface area contributed by atoms with Crippen LogP contribution in [0.2, 0.25) is 0 Å². The molecule has 2 aromatic rings. The van der Waals surface area contributed by atoms with E-state index in [2.05, 4.69) is 0 Å². The predicted molar refractivity (Wildman–Crippen MR) is 98.8 cm³/mol. The Morgan fingerprint density at radius 2 is 1.70 bits per heavy atom. The Bertz CT molecular complexity index is 896. The van der Waals surface area contributed by atoms with Gasteiger partial charge in [0, 0.05) is 44.6 Å². The summed E-state index contributed by atoms with van der Waals surface area (Å²) in [5, 5.41) is 0. The van der Waals surface area contributed by atoms with Crippen LogP contribution in [-0.4, -0.2) is 55.5 Å². The summed E-state index contributed by atoms with van der Waals surface area (Å²) in [4.78, 5) is 25.5. The fourth-order valence-corrected chi connectivity index (χ4v) is 4.45. The maximum atomic E-state index is 12.8. The molecule has 7 nitrogen and oxygen atoms in total. The standard InChI is InChI=1S/C19H22N2O5S/c1-15(22)16-4-7-18(8-5-16)27(24,25)21-12-10-20(11-13-21)19(23)9-6-17-3-2-14-26-17/h2-5,7-8,14H,6,9-13H2,1H3. The van der Waals surface area contributed by atoms with Crippen LogP contribution in [0.25, 0.3) is 0 Å². The zero-order valence-electron chi connectivity index (χ0n) is 15.1. The summed E-state index contributed by atoms with van der Waals surface area (Å²) in [5.74, 6) is 0.647. The maximum absolute atomic E-state index is 12.8. The molecule has 27 heavy (non-hydrogen) atoms. The first-order valence-electron chi connectivity index (χ1n) is 8.79. The van der Waals surface area contributed by atoms with Crippen LogP contribution in [0.5, 0.6) is 0 Å². The summed E-state index contributed by atoms with van der Waals surface area (Å²) in [7, 11) is -3.63. The molecule has 2 heterocycles. The number of aryl methyl sites for hydroxylation is 1. The molecule has 1 aromatic carbocycles. The topological polar surface area (TPSA) is 87.9 Å². The number of amides is 1. The lowest BCUT2D eigenvalue weighted by atomic mass is 10.2. The van der Waals surface area contributed by atoms with Crippen LogP contribution in [0, 0.1) is 0 Å². The van der Waals surface area contributed by atoms with E-state index in [0.717, 1.165) is 5.76 Å². The zero-order valence-corrected chi connectivity index (χ0v) is 15.9. The van der Waals surface area contributed by atoms with Crippen molar-refractivity contribution in [2.45, 2.75) is 24.7 Å². The highest BCUT2D eigenvalue weighted by molar-refractivity contribution is 7.89. The molecule has 1 fully saturated rings. The molecule has 0 saturated carbocycles. The van der Waals surface area contributed by atoms with E-state index in [0.29, 0.717) is 31.5 Å². The minimum absolute atomic E-state index is 0.00532. The summed E-state index contributed by atoms with van der Waals surface area (Å²) in [5.41, 5.74) is 0.473. The van der Waals surface area contributed by atoms with Crippen LogP contribution in [-0.2, 0) is 21.2 Å². The van der Waals surface area contributed by atoms with Crippen LogP contribution in [0.15, 0.2) is 52.0 Å². The second-order valence-corrected chi connectivity index (χ2v) is 8.38. The molecule has 1 aliphatic rings. The number of piperazine rings is 1. The van der Waals surface area contributed by atoms with Crippen LogP contribution in [0.3, 0.4) is 0 Å². The summed E-state index contributed by atoms with van der Waals surface area (Å²) >= 11 is 0. The molecule has 0 unspecified atom stereocenters. The third kappa shape index (κ3) is 4.45. The van der Waals surface area contributed by atoms with Crippen molar-refractivity contribution in [1.82, 2.24) is 9.21 Å². The quantitative estimate of drug-likeness (QED) is 0.704. The van der Waals surface area contributed by atoms with Crippen LogP contribution >= 0.6 is 0 Å². The van der Waals surface area contributed by atoms with Crippen LogP contribution in [0.4, 0.5) is 0 Å². The van der Waals surface area contributed by atoms with Gasteiger partial charge in [0.15, 0.2) is 5.78 Å². The number of benzene rings is 1. The van der Waals surface area contributed by atoms with Crippen LogP contribution in [0.1, 0.15) is 29.5 Å². The molecule has 0 bridgehead atoms. The van der Waals surface area contributed by atoms with E-state index >= 15 is 0 Å². The number of ketones is 1. The molecular weight excluding hydrogens is 368 g/mol. The average molecular weight is 390 g/mol. The summed E-state index contributed by atoms with van der Waals surface area (Å²) < 4.78 is 32.1. The Hall–Kier alpha value is -2.45. The number of nitrogens with zero attached hydrogens (tertiary/aromatic N) is 2. The van der Waals surface area contributed by atoms with Gasteiger partial charge in [0.1, 0.15) is 5.76 Å². The van der Waals surface area contributed by atoms with Crippen molar-refractivity contribution < 1.29 is 22.4 Å². The number of Topliss-reactive ketones (excluding diaryl/α,β-unsaturated/α-hetero) is 1. The number of hydrogen-bond donors (Lipinski definition) is 0. The minimum atomic E-state index is -3.63. The van der Waals surface area contributed by atoms with E-state index in [1.165, 1.54) is 35.5 Å². The number of rotatable bonds is 6. The molecule has 1 aromatic heterocycles. The maximum Gasteiger partial charge on any atom is 0.243 e. The molecule has 144 valence electrons. The Morgan fingerprint density at radius 3 is 2.26 bits per heavy atom. The third-order valence-electron chi connectivity index (χ3n) is 4.66. The van der Waals surface area contributed by atoms with Crippen molar-refractivity contribution in [3.63, 3.8) is 0 Å². The molecule has 0 spiro atoms. The van der Waals surface area contributed by atoms with Gasteiger partial charge in [-0.2, -0.15) is 4.31 Å². The zero-order chi connectivity index (χ0) is 19.4. The first kappa shape index (κ1) is 19.3. The normalized spacial score (nSPS) is 15.7. The Labute approximate surface area is 158 Å². The number of hydrogen-bond acceptors (Lipinski definition) is 5. The van der Waals surface area contributed by atoms with E-state index in [9.17, 15) is 18.0 Å². The second-order valence-electron chi connectivity index (χ2n) is 6.44. The number of sulfonamides is 1. The van der Waals surface area contributed by atoms with E-state index in [-0.39, 0.29) is 29.7 Å². The molecule has 0 radical (unpaired) electrons. The van der Waals surface area contributed by atoms with Gasteiger partial charge >= 0.3 is 0 Å². The summed E-state index contributed by atoms with van der Waals surface area (Å²) in [6.45, 7) is 2.67. The Morgan fingerprint density at radius 1 is 1.04 bits per heavy atom. The molecule has 1 amide bonds. The SMILES string of the molecule is CC(=O)c1ccc(S(=O)(=O)N2CCN(C(=O)CCc3ccco3)CC2)cc1. The number of carbonyl (C=O) groups excluding carboxylic acids is 2. The van der Waals surface area contributed by atoms with E-state index in [4.69, 9.17) is 4.42 Å². The van der Waals surface area contributed by atoms with Gasteiger partial charge < -0.3 is 9.32 Å². The molecule has 8 heteroatoms. The van der Waals surface area contributed by atoms with Gasteiger partial charge in [-0.3, -0.25) is 9.59 Å². The monoisotopic (exact) mass is 390 g/mol. The summed E-state index contributed by atoms with van der Waals surface area (Å²) in [6, 6.07) is 9.55.